The Balaban J connectivity index is 1.43. The van der Waals surface area contributed by atoms with Crippen molar-refractivity contribution >= 4 is 24.9 Å². The third-order valence-corrected chi connectivity index (χ3v) is 7.08. The number of hydrogen-bond donors (Lipinski definition) is 3. The van der Waals surface area contributed by atoms with Crippen LogP contribution in [0.4, 0.5) is 5.69 Å². The van der Waals surface area contributed by atoms with Crippen LogP contribution in [0, 0.1) is 0 Å². The second kappa shape index (κ2) is 9.24. The minimum absolute atomic E-state index is 0.0220. The molecular weight excluding hydrogens is 453 g/mol. The fourth-order valence-electron chi connectivity index (χ4n) is 3.79. The molecule has 1 heterocycles. The molecule has 0 amide bonds. The van der Waals surface area contributed by atoms with Gasteiger partial charge in [-0.3, -0.25) is 4.57 Å². The van der Waals surface area contributed by atoms with Gasteiger partial charge in [0, 0.05) is 22.9 Å². The van der Waals surface area contributed by atoms with Gasteiger partial charge in [0.05, 0.1) is 16.8 Å². The lowest BCUT2D eigenvalue weighted by atomic mass is 10.1. The molecule has 1 fully saturated rings. The van der Waals surface area contributed by atoms with Crippen molar-refractivity contribution in [3.63, 3.8) is 0 Å². The van der Waals surface area contributed by atoms with Crippen molar-refractivity contribution in [2.24, 2.45) is 0 Å². The number of ether oxygens (including phenoxy) is 1. The van der Waals surface area contributed by atoms with Gasteiger partial charge in [-0.2, -0.15) is 4.98 Å². The number of nitrogens with one attached hydrogen (secondary N) is 1. The monoisotopic (exact) mass is 477 g/mol. The topological polar surface area (TPSA) is 118 Å². The van der Waals surface area contributed by atoms with Crippen molar-refractivity contribution in [2.45, 2.75) is 50.9 Å². The standard InChI is InChI=1S/C22H25ClN3O5P/c1-13(2)30-20-10-5-15(11-19(20)23)21-25-22(31-26-21)14-3-6-16(7-4-14)24-17-8-9-18(12-17)32(27,28)29/h3-7,10-11,13,17-18,24H,8-9,12H2,1-2H3,(H2,27,28,29). The molecular formula is C22H25ClN3O5P. The Bertz CT molecular complexity index is 1130. The molecule has 1 aliphatic carbocycles. The van der Waals surface area contributed by atoms with E-state index in [0.29, 0.717) is 35.3 Å². The summed E-state index contributed by atoms with van der Waals surface area (Å²) >= 11 is 6.31. The summed E-state index contributed by atoms with van der Waals surface area (Å²) in [5, 5.41) is 7.88. The average molecular weight is 478 g/mol. The van der Waals surface area contributed by atoms with Crippen molar-refractivity contribution in [1.82, 2.24) is 10.1 Å². The van der Waals surface area contributed by atoms with Gasteiger partial charge in [-0.05, 0) is 75.6 Å². The number of halogens is 1. The van der Waals surface area contributed by atoms with E-state index in [1.165, 1.54) is 0 Å². The van der Waals surface area contributed by atoms with Gasteiger partial charge in [0.25, 0.3) is 5.89 Å². The van der Waals surface area contributed by atoms with Crippen LogP contribution in [0.5, 0.6) is 5.75 Å². The van der Waals surface area contributed by atoms with E-state index in [1.807, 2.05) is 44.2 Å². The molecule has 8 nitrogen and oxygen atoms in total. The first-order chi connectivity index (χ1) is 15.2. The summed E-state index contributed by atoms with van der Waals surface area (Å²) in [7, 11) is -4.02. The summed E-state index contributed by atoms with van der Waals surface area (Å²) in [6.07, 6.45) is 1.74. The Morgan fingerprint density at radius 1 is 1.16 bits per heavy atom. The van der Waals surface area contributed by atoms with Gasteiger partial charge < -0.3 is 24.4 Å². The average Bonchev–Trinajstić information content (AvgIpc) is 3.40. The Hall–Kier alpha value is -2.38. The van der Waals surface area contributed by atoms with Crippen LogP contribution in [0.2, 0.25) is 5.02 Å². The highest BCUT2D eigenvalue weighted by Gasteiger charge is 2.36. The molecule has 4 rings (SSSR count). The van der Waals surface area contributed by atoms with Crippen molar-refractivity contribution in [2.75, 3.05) is 5.32 Å². The molecule has 1 aliphatic rings. The van der Waals surface area contributed by atoms with Crippen LogP contribution in [0.25, 0.3) is 22.8 Å². The van der Waals surface area contributed by atoms with E-state index in [4.69, 9.17) is 20.9 Å². The first-order valence-corrected chi connectivity index (χ1v) is 12.5. The predicted octanol–water partition coefficient (Wildman–Crippen LogP) is 5.35. The Labute approximate surface area is 191 Å². The summed E-state index contributed by atoms with van der Waals surface area (Å²) in [6.45, 7) is 3.87. The summed E-state index contributed by atoms with van der Waals surface area (Å²) in [5.41, 5.74) is 1.80. The van der Waals surface area contributed by atoms with E-state index in [-0.39, 0.29) is 12.1 Å². The van der Waals surface area contributed by atoms with Gasteiger partial charge in [0.2, 0.25) is 5.82 Å². The fraction of sp³-hybridized carbons (Fsp3) is 0.364. The predicted molar refractivity (Wildman–Crippen MR) is 123 cm³/mol. The maximum atomic E-state index is 11.4. The van der Waals surface area contributed by atoms with Gasteiger partial charge in [-0.1, -0.05) is 16.8 Å². The second-order valence-electron chi connectivity index (χ2n) is 8.21. The van der Waals surface area contributed by atoms with Crippen LogP contribution in [-0.2, 0) is 4.57 Å². The molecule has 0 aliphatic heterocycles. The SMILES string of the molecule is CC(C)Oc1ccc(-c2noc(-c3ccc(NC4CCC(P(=O)(O)O)C4)cc3)n2)cc1Cl. The third kappa shape index (κ3) is 5.33. The normalized spacial score (nSPS) is 18.8. The lowest BCUT2D eigenvalue weighted by molar-refractivity contribution is 0.242. The van der Waals surface area contributed by atoms with Crippen molar-refractivity contribution in [1.29, 1.82) is 0 Å². The summed E-state index contributed by atoms with van der Waals surface area (Å²) < 4.78 is 22.5. The molecule has 32 heavy (non-hydrogen) atoms. The van der Waals surface area contributed by atoms with E-state index >= 15 is 0 Å². The van der Waals surface area contributed by atoms with Crippen LogP contribution < -0.4 is 10.1 Å². The summed E-state index contributed by atoms with van der Waals surface area (Å²) in [5.74, 6) is 1.41. The zero-order chi connectivity index (χ0) is 22.9. The van der Waals surface area contributed by atoms with Crippen molar-refractivity contribution < 1.29 is 23.6 Å². The molecule has 0 spiro atoms. The van der Waals surface area contributed by atoms with Crippen molar-refractivity contribution in [3.05, 3.63) is 47.5 Å². The highest BCUT2D eigenvalue weighted by Crippen LogP contribution is 2.49. The number of benzene rings is 2. The minimum Gasteiger partial charge on any atom is -0.489 e. The number of hydrogen-bond acceptors (Lipinski definition) is 6. The number of nitrogens with zero attached hydrogens (tertiary/aromatic N) is 2. The van der Waals surface area contributed by atoms with E-state index in [9.17, 15) is 14.4 Å². The highest BCUT2D eigenvalue weighted by atomic mass is 35.5. The quantitative estimate of drug-likeness (QED) is 0.389. The van der Waals surface area contributed by atoms with E-state index in [2.05, 4.69) is 15.5 Å². The number of rotatable bonds is 7. The largest absolute Gasteiger partial charge is 0.489 e. The van der Waals surface area contributed by atoms with Crippen LogP contribution in [0.3, 0.4) is 0 Å². The van der Waals surface area contributed by atoms with Crippen molar-refractivity contribution in [3.8, 4) is 28.6 Å². The summed E-state index contributed by atoms with van der Waals surface area (Å²) in [4.78, 5) is 23.2. The Morgan fingerprint density at radius 3 is 2.50 bits per heavy atom. The van der Waals surface area contributed by atoms with E-state index in [0.717, 1.165) is 23.2 Å². The van der Waals surface area contributed by atoms with Gasteiger partial charge >= 0.3 is 7.60 Å². The van der Waals surface area contributed by atoms with Crippen LogP contribution in [0.15, 0.2) is 47.0 Å². The first-order valence-electron chi connectivity index (χ1n) is 10.4. The smallest absolute Gasteiger partial charge is 0.328 e. The minimum atomic E-state index is -4.02. The third-order valence-electron chi connectivity index (χ3n) is 5.36. The Kier molecular flexibility index (Phi) is 6.58. The molecule has 0 radical (unpaired) electrons. The van der Waals surface area contributed by atoms with Gasteiger partial charge in [-0.15, -0.1) is 0 Å². The molecule has 3 aromatic rings. The molecule has 10 heteroatoms. The molecule has 0 bridgehead atoms. The zero-order valence-corrected chi connectivity index (χ0v) is 19.4. The Morgan fingerprint density at radius 2 is 1.88 bits per heavy atom. The molecule has 1 aromatic heterocycles. The zero-order valence-electron chi connectivity index (χ0n) is 17.7. The van der Waals surface area contributed by atoms with Crippen LogP contribution in [0.1, 0.15) is 33.1 Å². The molecule has 3 N–H and O–H groups in total. The maximum absolute atomic E-state index is 11.4. The number of anilines is 1. The number of aromatic nitrogens is 2. The summed E-state index contributed by atoms with van der Waals surface area (Å²) in [6, 6.07) is 12.9. The van der Waals surface area contributed by atoms with Crippen LogP contribution >= 0.6 is 19.2 Å². The fourth-order valence-corrected chi connectivity index (χ4v) is 5.03. The highest BCUT2D eigenvalue weighted by molar-refractivity contribution is 7.52. The maximum Gasteiger partial charge on any atom is 0.328 e. The van der Waals surface area contributed by atoms with E-state index in [1.54, 1.807) is 12.1 Å². The molecule has 2 atom stereocenters. The molecule has 170 valence electrons. The lowest BCUT2D eigenvalue weighted by Crippen LogP contribution is -2.16. The van der Waals surface area contributed by atoms with Gasteiger partial charge in [0.1, 0.15) is 5.75 Å². The molecule has 2 aromatic carbocycles. The first kappa shape index (κ1) is 22.8. The second-order valence-corrected chi connectivity index (χ2v) is 10.5. The van der Waals surface area contributed by atoms with Gasteiger partial charge in [-0.25, -0.2) is 0 Å². The van der Waals surface area contributed by atoms with Crippen LogP contribution in [-0.4, -0.2) is 37.7 Å². The van der Waals surface area contributed by atoms with E-state index < -0.39 is 13.3 Å². The van der Waals surface area contributed by atoms with Gasteiger partial charge in [0.15, 0.2) is 0 Å². The lowest BCUT2D eigenvalue weighted by Gasteiger charge is -2.15. The molecule has 2 unspecified atom stereocenters. The molecule has 0 saturated heterocycles. The molecule has 1 saturated carbocycles.